The molecule has 0 fully saturated rings. The normalized spacial score (nSPS) is 17.5. The van der Waals surface area contributed by atoms with Crippen molar-refractivity contribution < 1.29 is 0 Å². The zero-order valence-electron chi connectivity index (χ0n) is 11.8. The summed E-state index contributed by atoms with van der Waals surface area (Å²) in [6.45, 7) is 4.19. The van der Waals surface area contributed by atoms with Crippen molar-refractivity contribution in [1.82, 2.24) is 5.32 Å². The van der Waals surface area contributed by atoms with Gasteiger partial charge in [-0.3, -0.25) is 4.99 Å². The molecule has 0 aromatic heterocycles. The van der Waals surface area contributed by atoms with Crippen molar-refractivity contribution in [2.75, 3.05) is 0 Å². The predicted molar refractivity (Wildman–Crippen MR) is 85.7 cm³/mol. The maximum atomic E-state index is 4.47. The van der Waals surface area contributed by atoms with Gasteiger partial charge in [0.25, 0.3) is 0 Å². The van der Waals surface area contributed by atoms with Gasteiger partial charge in [0.1, 0.15) is 0 Å². The summed E-state index contributed by atoms with van der Waals surface area (Å²) in [5.74, 6) is 0. The Morgan fingerprint density at radius 1 is 0.850 bits per heavy atom. The lowest BCUT2D eigenvalue weighted by atomic mass is 10.0. The van der Waals surface area contributed by atoms with E-state index in [1.807, 2.05) is 12.4 Å². The van der Waals surface area contributed by atoms with Crippen LogP contribution in [0.3, 0.4) is 0 Å². The van der Waals surface area contributed by atoms with E-state index in [0.717, 1.165) is 11.3 Å². The Morgan fingerprint density at radius 2 is 1.40 bits per heavy atom. The van der Waals surface area contributed by atoms with Crippen LogP contribution < -0.4 is 5.32 Å². The monoisotopic (exact) mass is 262 g/mol. The van der Waals surface area contributed by atoms with Gasteiger partial charge in [0, 0.05) is 18.0 Å². The van der Waals surface area contributed by atoms with Gasteiger partial charge in [0.15, 0.2) is 0 Å². The van der Waals surface area contributed by atoms with E-state index >= 15 is 0 Å². The lowest BCUT2D eigenvalue weighted by molar-refractivity contribution is 0.810. The molecule has 1 unspecified atom stereocenters. The van der Waals surface area contributed by atoms with Crippen LogP contribution in [0.5, 0.6) is 0 Å². The Hall–Kier alpha value is -2.35. The van der Waals surface area contributed by atoms with Crippen LogP contribution in [0.4, 0.5) is 0 Å². The highest BCUT2D eigenvalue weighted by molar-refractivity contribution is 5.79. The van der Waals surface area contributed by atoms with Crippen LogP contribution in [0.1, 0.15) is 18.1 Å². The van der Waals surface area contributed by atoms with Crippen LogP contribution in [-0.2, 0) is 0 Å². The molecular weight excluding hydrogens is 244 g/mol. The standard InChI is InChI=1S/C18H18N2/c1-13-3-5-15(6-4-13)16-7-9-17(10-8-16)18-12-19-14(2)11-20-18/h3-12,14,19H,1-2H3. The number of nitrogens with one attached hydrogen (secondary N) is 1. The topological polar surface area (TPSA) is 24.4 Å². The van der Waals surface area contributed by atoms with Crippen molar-refractivity contribution in [1.29, 1.82) is 0 Å². The third kappa shape index (κ3) is 2.64. The van der Waals surface area contributed by atoms with Gasteiger partial charge in [0.05, 0.1) is 11.7 Å². The fourth-order valence-corrected chi connectivity index (χ4v) is 2.22. The fraction of sp³-hybridized carbons (Fsp3) is 0.167. The molecule has 20 heavy (non-hydrogen) atoms. The smallest absolute Gasteiger partial charge is 0.0855 e. The molecule has 2 aromatic rings. The number of nitrogens with zero attached hydrogens (tertiary/aromatic N) is 1. The van der Waals surface area contributed by atoms with Crippen LogP contribution in [0, 0.1) is 6.92 Å². The number of hydrogen-bond acceptors (Lipinski definition) is 2. The van der Waals surface area contributed by atoms with Crippen LogP contribution >= 0.6 is 0 Å². The van der Waals surface area contributed by atoms with Crippen LogP contribution in [0.15, 0.2) is 59.7 Å². The second-order valence-electron chi connectivity index (χ2n) is 5.21. The largest absolute Gasteiger partial charge is 0.382 e. The molecule has 1 atom stereocenters. The van der Waals surface area contributed by atoms with Gasteiger partial charge in [-0.05, 0) is 25.0 Å². The van der Waals surface area contributed by atoms with E-state index in [2.05, 4.69) is 72.7 Å². The average molecular weight is 262 g/mol. The first-order chi connectivity index (χ1) is 9.72. The minimum Gasteiger partial charge on any atom is -0.382 e. The molecule has 0 amide bonds. The molecule has 2 heteroatoms. The van der Waals surface area contributed by atoms with E-state index in [1.54, 1.807) is 0 Å². The first-order valence-electron chi connectivity index (χ1n) is 6.90. The Balaban J connectivity index is 1.85. The molecular formula is C18H18N2. The van der Waals surface area contributed by atoms with E-state index in [-0.39, 0.29) is 0 Å². The van der Waals surface area contributed by atoms with Gasteiger partial charge in [0.2, 0.25) is 0 Å². The van der Waals surface area contributed by atoms with Gasteiger partial charge < -0.3 is 5.32 Å². The maximum Gasteiger partial charge on any atom is 0.0855 e. The molecule has 0 saturated carbocycles. The highest BCUT2D eigenvalue weighted by atomic mass is 15.0. The summed E-state index contributed by atoms with van der Waals surface area (Å²) in [5, 5.41) is 3.27. The highest BCUT2D eigenvalue weighted by Gasteiger charge is 2.06. The van der Waals surface area contributed by atoms with Crippen LogP contribution in [-0.4, -0.2) is 12.3 Å². The highest BCUT2D eigenvalue weighted by Crippen LogP contribution is 2.23. The van der Waals surface area contributed by atoms with Crippen molar-refractivity contribution >= 4 is 11.9 Å². The molecule has 1 heterocycles. The second-order valence-corrected chi connectivity index (χ2v) is 5.21. The van der Waals surface area contributed by atoms with E-state index in [0.29, 0.717) is 6.04 Å². The molecule has 100 valence electrons. The van der Waals surface area contributed by atoms with Crippen molar-refractivity contribution in [3.63, 3.8) is 0 Å². The molecule has 0 radical (unpaired) electrons. The number of aryl methyl sites for hydroxylation is 1. The molecule has 0 bridgehead atoms. The molecule has 1 aliphatic heterocycles. The summed E-state index contributed by atoms with van der Waals surface area (Å²) < 4.78 is 0. The predicted octanol–water partition coefficient (Wildman–Crippen LogP) is 4.02. The summed E-state index contributed by atoms with van der Waals surface area (Å²) in [6, 6.07) is 17.4. The fourth-order valence-electron chi connectivity index (χ4n) is 2.22. The Morgan fingerprint density at radius 3 is 1.95 bits per heavy atom. The first kappa shape index (κ1) is 12.7. The summed E-state index contributed by atoms with van der Waals surface area (Å²) in [6.07, 6.45) is 3.91. The van der Waals surface area contributed by atoms with Gasteiger partial charge in [-0.15, -0.1) is 0 Å². The molecule has 1 N–H and O–H groups in total. The summed E-state index contributed by atoms with van der Waals surface area (Å²) in [4.78, 5) is 4.47. The van der Waals surface area contributed by atoms with Gasteiger partial charge in [-0.25, -0.2) is 0 Å². The Kier molecular flexibility index (Phi) is 3.38. The van der Waals surface area contributed by atoms with Crippen molar-refractivity contribution in [2.45, 2.75) is 19.9 Å². The number of rotatable bonds is 2. The van der Waals surface area contributed by atoms with Gasteiger partial charge in [-0.2, -0.15) is 0 Å². The molecule has 1 aliphatic rings. The second kappa shape index (κ2) is 5.33. The maximum absolute atomic E-state index is 4.47. The Bertz CT molecular complexity index is 649. The first-order valence-corrected chi connectivity index (χ1v) is 6.90. The van der Waals surface area contributed by atoms with Gasteiger partial charge >= 0.3 is 0 Å². The zero-order chi connectivity index (χ0) is 13.9. The minimum atomic E-state index is 0.311. The quantitative estimate of drug-likeness (QED) is 0.868. The number of aliphatic imine (C=N–C) groups is 1. The third-order valence-electron chi connectivity index (χ3n) is 3.49. The number of benzene rings is 2. The third-order valence-corrected chi connectivity index (χ3v) is 3.49. The molecule has 0 spiro atoms. The summed E-state index contributed by atoms with van der Waals surface area (Å²) in [7, 11) is 0. The molecule has 2 nitrogen and oxygen atoms in total. The van der Waals surface area contributed by atoms with Gasteiger partial charge in [-0.1, -0.05) is 54.1 Å². The van der Waals surface area contributed by atoms with Crippen molar-refractivity contribution in [3.05, 3.63) is 65.9 Å². The Labute approximate surface area is 119 Å². The molecule has 2 aromatic carbocycles. The molecule has 3 rings (SSSR count). The van der Waals surface area contributed by atoms with Crippen LogP contribution in [0.25, 0.3) is 16.8 Å². The molecule has 0 aliphatic carbocycles. The van der Waals surface area contributed by atoms with Crippen LogP contribution in [0.2, 0.25) is 0 Å². The lowest BCUT2D eigenvalue weighted by Crippen LogP contribution is -2.24. The van der Waals surface area contributed by atoms with Crippen molar-refractivity contribution in [3.8, 4) is 11.1 Å². The lowest BCUT2D eigenvalue weighted by Gasteiger charge is -2.14. The van der Waals surface area contributed by atoms with Crippen molar-refractivity contribution in [2.24, 2.45) is 4.99 Å². The zero-order valence-corrected chi connectivity index (χ0v) is 11.8. The van der Waals surface area contributed by atoms with E-state index in [4.69, 9.17) is 0 Å². The van der Waals surface area contributed by atoms with E-state index < -0.39 is 0 Å². The van der Waals surface area contributed by atoms with E-state index in [1.165, 1.54) is 16.7 Å². The summed E-state index contributed by atoms with van der Waals surface area (Å²) in [5.41, 5.74) is 5.88. The average Bonchev–Trinajstić information content (AvgIpc) is 2.49. The molecule has 0 saturated heterocycles. The van der Waals surface area contributed by atoms with E-state index in [9.17, 15) is 0 Å². The summed E-state index contributed by atoms with van der Waals surface area (Å²) >= 11 is 0. The minimum absolute atomic E-state index is 0.311. The SMILES string of the molecule is Cc1ccc(-c2ccc(C3=CNC(C)C=N3)cc2)cc1. The number of hydrogen-bond donors (Lipinski definition) is 1.